The summed E-state index contributed by atoms with van der Waals surface area (Å²) in [6.07, 6.45) is 0. The summed E-state index contributed by atoms with van der Waals surface area (Å²) in [6, 6.07) is 8.36. The third-order valence-corrected chi connectivity index (χ3v) is 3.59. The zero-order valence-corrected chi connectivity index (χ0v) is 11.0. The van der Waals surface area contributed by atoms with Crippen molar-refractivity contribution >= 4 is 11.8 Å². The molecule has 1 aliphatic rings. The highest BCUT2D eigenvalue weighted by Gasteiger charge is 2.47. The molecule has 1 aromatic rings. The third-order valence-electron chi connectivity index (χ3n) is 3.59. The van der Waals surface area contributed by atoms with E-state index in [9.17, 15) is 14.0 Å². The zero-order chi connectivity index (χ0) is 14.0. The van der Waals surface area contributed by atoms with Gasteiger partial charge in [-0.05, 0) is 19.4 Å². The number of hydrogen-bond acceptors (Lipinski definition) is 2. The molecule has 4 nitrogen and oxygen atoms in total. The SMILES string of the molecule is CC1C(=O)NC(C)(c2ccccc2)C(=O)N1CCF. The van der Waals surface area contributed by atoms with E-state index in [1.54, 1.807) is 38.1 Å². The van der Waals surface area contributed by atoms with Gasteiger partial charge in [0, 0.05) is 6.54 Å². The summed E-state index contributed by atoms with van der Waals surface area (Å²) >= 11 is 0. The van der Waals surface area contributed by atoms with Gasteiger partial charge in [-0.25, -0.2) is 4.39 Å². The van der Waals surface area contributed by atoms with Crippen LogP contribution in [0.25, 0.3) is 0 Å². The van der Waals surface area contributed by atoms with Crippen LogP contribution in [0.4, 0.5) is 4.39 Å². The monoisotopic (exact) mass is 264 g/mol. The van der Waals surface area contributed by atoms with Crippen molar-refractivity contribution in [1.82, 2.24) is 10.2 Å². The van der Waals surface area contributed by atoms with Crippen molar-refractivity contribution in [2.24, 2.45) is 0 Å². The predicted molar refractivity (Wildman–Crippen MR) is 69.1 cm³/mol. The van der Waals surface area contributed by atoms with Gasteiger partial charge in [-0.1, -0.05) is 30.3 Å². The number of rotatable bonds is 3. The quantitative estimate of drug-likeness (QED) is 0.892. The molecule has 1 aromatic carbocycles. The summed E-state index contributed by atoms with van der Waals surface area (Å²) in [5.41, 5.74) is -0.427. The molecular weight excluding hydrogens is 247 g/mol. The van der Waals surface area contributed by atoms with Crippen molar-refractivity contribution in [3.05, 3.63) is 35.9 Å². The lowest BCUT2D eigenvalue weighted by atomic mass is 9.87. The van der Waals surface area contributed by atoms with Crippen molar-refractivity contribution in [1.29, 1.82) is 0 Å². The van der Waals surface area contributed by atoms with E-state index in [-0.39, 0.29) is 18.4 Å². The molecule has 1 fully saturated rings. The van der Waals surface area contributed by atoms with Crippen LogP contribution in [-0.4, -0.2) is 36.0 Å². The number of nitrogens with one attached hydrogen (secondary N) is 1. The first kappa shape index (κ1) is 13.5. The molecule has 1 aliphatic heterocycles. The fourth-order valence-corrected chi connectivity index (χ4v) is 2.36. The summed E-state index contributed by atoms with van der Waals surface area (Å²) in [4.78, 5) is 25.8. The minimum atomic E-state index is -1.12. The molecule has 0 spiro atoms. The van der Waals surface area contributed by atoms with Gasteiger partial charge in [0.1, 0.15) is 18.3 Å². The van der Waals surface area contributed by atoms with Crippen molar-refractivity contribution in [2.45, 2.75) is 25.4 Å². The molecule has 0 aromatic heterocycles. The van der Waals surface area contributed by atoms with Gasteiger partial charge < -0.3 is 10.2 Å². The van der Waals surface area contributed by atoms with E-state index in [1.807, 2.05) is 6.07 Å². The molecule has 0 saturated carbocycles. The number of alkyl halides is 1. The molecule has 2 unspecified atom stereocenters. The first-order chi connectivity index (χ1) is 9.00. The fraction of sp³-hybridized carbons (Fsp3) is 0.429. The highest BCUT2D eigenvalue weighted by Crippen LogP contribution is 2.28. The molecule has 1 saturated heterocycles. The first-order valence-corrected chi connectivity index (χ1v) is 6.25. The second-order valence-electron chi connectivity index (χ2n) is 4.84. The van der Waals surface area contributed by atoms with Gasteiger partial charge in [0.15, 0.2) is 0 Å². The minimum Gasteiger partial charge on any atom is -0.336 e. The average Bonchev–Trinajstić information content (AvgIpc) is 2.42. The molecule has 5 heteroatoms. The summed E-state index contributed by atoms with van der Waals surface area (Å²) in [5.74, 6) is -0.539. The summed E-state index contributed by atoms with van der Waals surface area (Å²) in [7, 11) is 0. The van der Waals surface area contributed by atoms with E-state index >= 15 is 0 Å². The standard InChI is InChI=1S/C14H17FN2O2/c1-10-12(18)16-14(2,11-6-4-3-5-7-11)13(19)17(10)9-8-15/h3-7,10H,8-9H2,1-2H3,(H,16,18). The maximum atomic E-state index is 12.6. The van der Waals surface area contributed by atoms with Gasteiger partial charge in [-0.3, -0.25) is 9.59 Å². The molecule has 1 N–H and O–H groups in total. The van der Waals surface area contributed by atoms with Crippen molar-refractivity contribution in [3.63, 3.8) is 0 Å². The van der Waals surface area contributed by atoms with E-state index in [4.69, 9.17) is 0 Å². The number of nitrogens with zero attached hydrogens (tertiary/aromatic N) is 1. The summed E-state index contributed by atoms with van der Waals surface area (Å²) in [6.45, 7) is 2.54. The number of halogens is 1. The molecule has 0 radical (unpaired) electrons. The predicted octanol–water partition coefficient (Wildman–Crippen LogP) is 1.22. The Hall–Kier alpha value is -1.91. The molecule has 1 heterocycles. The van der Waals surface area contributed by atoms with Gasteiger partial charge >= 0.3 is 0 Å². The third kappa shape index (κ3) is 2.20. The van der Waals surface area contributed by atoms with Gasteiger partial charge in [0.2, 0.25) is 5.91 Å². The fourth-order valence-electron chi connectivity index (χ4n) is 2.36. The lowest BCUT2D eigenvalue weighted by Gasteiger charge is -2.43. The Labute approximate surface area is 111 Å². The Bertz CT molecular complexity index is 491. The van der Waals surface area contributed by atoms with Gasteiger partial charge in [0.25, 0.3) is 5.91 Å². The number of piperazine rings is 1. The molecule has 102 valence electrons. The number of amides is 2. The van der Waals surface area contributed by atoms with E-state index in [0.717, 1.165) is 0 Å². The second kappa shape index (κ2) is 4.99. The van der Waals surface area contributed by atoms with Crippen LogP contribution >= 0.6 is 0 Å². The Balaban J connectivity index is 2.41. The zero-order valence-electron chi connectivity index (χ0n) is 11.0. The maximum Gasteiger partial charge on any atom is 0.253 e. The average molecular weight is 264 g/mol. The van der Waals surface area contributed by atoms with Crippen LogP contribution in [-0.2, 0) is 15.1 Å². The van der Waals surface area contributed by atoms with Crippen molar-refractivity contribution in [2.75, 3.05) is 13.2 Å². The highest BCUT2D eigenvalue weighted by atomic mass is 19.1. The van der Waals surface area contributed by atoms with E-state index in [2.05, 4.69) is 5.32 Å². The van der Waals surface area contributed by atoms with Gasteiger partial charge in [-0.15, -0.1) is 0 Å². The molecular formula is C14H17FN2O2. The molecule has 2 atom stereocenters. The van der Waals surface area contributed by atoms with E-state index in [1.165, 1.54) is 4.90 Å². The van der Waals surface area contributed by atoms with E-state index in [0.29, 0.717) is 5.56 Å². The molecule has 0 aliphatic carbocycles. The van der Waals surface area contributed by atoms with Crippen LogP contribution in [0.5, 0.6) is 0 Å². The Morgan fingerprint density at radius 1 is 1.32 bits per heavy atom. The normalized spacial score (nSPS) is 27.3. The topological polar surface area (TPSA) is 49.4 Å². The molecule has 0 bridgehead atoms. The van der Waals surface area contributed by atoms with Gasteiger partial charge in [-0.2, -0.15) is 0 Å². The number of carbonyl (C=O) groups excluding carboxylic acids is 2. The lowest BCUT2D eigenvalue weighted by molar-refractivity contribution is -0.154. The lowest BCUT2D eigenvalue weighted by Crippen LogP contribution is -2.67. The Kier molecular flexibility index (Phi) is 3.55. The number of benzene rings is 1. The second-order valence-corrected chi connectivity index (χ2v) is 4.84. The van der Waals surface area contributed by atoms with Gasteiger partial charge in [0.05, 0.1) is 0 Å². The molecule has 2 rings (SSSR count). The largest absolute Gasteiger partial charge is 0.336 e. The molecule has 2 amide bonds. The van der Waals surface area contributed by atoms with Crippen LogP contribution in [0.2, 0.25) is 0 Å². The molecule has 19 heavy (non-hydrogen) atoms. The Morgan fingerprint density at radius 2 is 1.95 bits per heavy atom. The first-order valence-electron chi connectivity index (χ1n) is 6.25. The maximum absolute atomic E-state index is 12.6. The number of hydrogen-bond donors (Lipinski definition) is 1. The highest BCUT2D eigenvalue weighted by molar-refractivity contribution is 6.00. The number of carbonyl (C=O) groups is 2. The summed E-state index contributed by atoms with van der Waals surface area (Å²) in [5, 5.41) is 2.74. The van der Waals surface area contributed by atoms with Crippen LogP contribution in [0, 0.1) is 0 Å². The van der Waals surface area contributed by atoms with Crippen molar-refractivity contribution < 1.29 is 14.0 Å². The van der Waals surface area contributed by atoms with Crippen LogP contribution < -0.4 is 5.32 Å². The Morgan fingerprint density at radius 3 is 2.53 bits per heavy atom. The minimum absolute atomic E-state index is 0.0597. The summed E-state index contributed by atoms with van der Waals surface area (Å²) < 4.78 is 12.6. The van der Waals surface area contributed by atoms with Crippen LogP contribution in [0.1, 0.15) is 19.4 Å². The van der Waals surface area contributed by atoms with Crippen LogP contribution in [0.3, 0.4) is 0 Å². The van der Waals surface area contributed by atoms with Crippen molar-refractivity contribution in [3.8, 4) is 0 Å². The smallest absolute Gasteiger partial charge is 0.253 e. The van der Waals surface area contributed by atoms with Crippen LogP contribution in [0.15, 0.2) is 30.3 Å². The van der Waals surface area contributed by atoms with E-state index < -0.39 is 18.3 Å².